The van der Waals surface area contributed by atoms with Gasteiger partial charge in [-0.05, 0) is 37.1 Å². The highest BCUT2D eigenvalue weighted by atomic mass is 16.1. The normalized spacial score (nSPS) is 10.2. The maximum Gasteiger partial charge on any atom is 0.255 e. The van der Waals surface area contributed by atoms with Gasteiger partial charge in [-0.3, -0.25) is 9.78 Å². The third-order valence-electron chi connectivity index (χ3n) is 2.79. The Morgan fingerprint density at radius 2 is 2.21 bits per heavy atom. The third kappa shape index (κ3) is 3.07. The van der Waals surface area contributed by atoms with Gasteiger partial charge in [-0.2, -0.15) is 0 Å². The number of nitrogens with zero attached hydrogens (tertiary/aromatic N) is 2. The summed E-state index contributed by atoms with van der Waals surface area (Å²) < 4.78 is 0. The monoisotopic (exact) mass is 256 g/mol. The molecule has 0 atom stereocenters. The van der Waals surface area contributed by atoms with Gasteiger partial charge in [-0.1, -0.05) is 6.92 Å². The Morgan fingerprint density at radius 3 is 2.89 bits per heavy atom. The first-order chi connectivity index (χ1) is 9.10. The number of rotatable bonds is 3. The molecule has 0 fully saturated rings. The van der Waals surface area contributed by atoms with E-state index in [1.165, 1.54) is 0 Å². The van der Waals surface area contributed by atoms with Gasteiger partial charge < -0.3 is 11.1 Å². The summed E-state index contributed by atoms with van der Waals surface area (Å²) in [6.07, 6.45) is 4.08. The summed E-state index contributed by atoms with van der Waals surface area (Å²) in [6.45, 7) is 3.86. The summed E-state index contributed by atoms with van der Waals surface area (Å²) in [5, 5.41) is 2.84. The number of hydrogen-bond acceptors (Lipinski definition) is 4. The van der Waals surface area contributed by atoms with Crippen molar-refractivity contribution in [1.29, 1.82) is 0 Å². The van der Waals surface area contributed by atoms with Crippen LogP contribution in [-0.4, -0.2) is 15.9 Å². The molecule has 2 heterocycles. The molecular weight excluding hydrogens is 240 g/mol. The SMILES string of the molecule is CCc1cc(C(=O)Nc2ccncc2C)cc(N)n1. The van der Waals surface area contributed by atoms with E-state index >= 15 is 0 Å². The van der Waals surface area contributed by atoms with Gasteiger partial charge in [0.05, 0.1) is 0 Å². The van der Waals surface area contributed by atoms with E-state index in [0.717, 1.165) is 23.4 Å². The van der Waals surface area contributed by atoms with Crippen LogP contribution in [0.5, 0.6) is 0 Å². The first-order valence-electron chi connectivity index (χ1n) is 6.08. The van der Waals surface area contributed by atoms with Crippen LogP contribution in [0.4, 0.5) is 11.5 Å². The molecule has 3 N–H and O–H groups in total. The van der Waals surface area contributed by atoms with Crippen molar-refractivity contribution in [1.82, 2.24) is 9.97 Å². The zero-order chi connectivity index (χ0) is 13.8. The zero-order valence-electron chi connectivity index (χ0n) is 11.0. The molecule has 0 aliphatic carbocycles. The molecule has 0 aromatic carbocycles. The largest absolute Gasteiger partial charge is 0.384 e. The van der Waals surface area contributed by atoms with Crippen LogP contribution in [0.1, 0.15) is 28.5 Å². The highest BCUT2D eigenvalue weighted by molar-refractivity contribution is 6.05. The number of nitrogens with one attached hydrogen (secondary N) is 1. The molecule has 0 unspecified atom stereocenters. The summed E-state index contributed by atoms with van der Waals surface area (Å²) >= 11 is 0. The van der Waals surface area contributed by atoms with Crippen molar-refractivity contribution < 1.29 is 4.79 Å². The van der Waals surface area contributed by atoms with Gasteiger partial charge in [-0.25, -0.2) is 4.98 Å². The van der Waals surface area contributed by atoms with Crippen molar-refractivity contribution in [2.75, 3.05) is 11.1 Å². The second-order valence-electron chi connectivity index (χ2n) is 4.27. The van der Waals surface area contributed by atoms with Gasteiger partial charge in [0.25, 0.3) is 5.91 Å². The fourth-order valence-corrected chi connectivity index (χ4v) is 1.73. The van der Waals surface area contributed by atoms with Crippen molar-refractivity contribution in [3.05, 3.63) is 47.4 Å². The minimum atomic E-state index is -0.196. The molecule has 0 saturated carbocycles. The van der Waals surface area contributed by atoms with Gasteiger partial charge >= 0.3 is 0 Å². The molecule has 0 bridgehead atoms. The summed E-state index contributed by atoms with van der Waals surface area (Å²) in [7, 11) is 0. The van der Waals surface area contributed by atoms with Crippen LogP contribution in [-0.2, 0) is 6.42 Å². The maximum absolute atomic E-state index is 12.2. The fourth-order valence-electron chi connectivity index (χ4n) is 1.73. The van der Waals surface area contributed by atoms with Crippen molar-refractivity contribution in [3.8, 4) is 0 Å². The number of nitrogens with two attached hydrogens (primary N) is 1. The number of aryl methyl sites for hydroxylation is 2. The van der Waals surface area contributed by atoms with Crippen LogP contribution in [0.25, 0.3) is 0 Å². The van der Waals surface area contributed by atoms with Crippen molar-refractivity contribution >= 4 is 17.4 Å². The van der Waals surface area contributed by atoms with E-state index in [0.29, 0.717) is 11.4 Å². The standard InChI is InChI=1S/C14H16N4O/c1-3-11-6-10(7-13(15)17-11)14(19)18-12-4-5-16-8-9(12)2/h4-8H,3H2,1-2H3,(H2,15,17)(H,16,18,19). The minimum Gasteiger partial charge on any atom is -0.384 e. The number of pyridine rings is 2. The lowest BCUT2D eigenvalue weighted by molar-refractivity contribution is 0.102. The molecule has 2 aromatic rings. The smallest absolute Gasteiger partial charge is 0.255 e. The van der Waals surface area contributed by atoms with E-state index in [-0.39, 0.29) is 5.91 Å². The predicted octanol–water partition coefficient (Wildman–Crippen LogP) is 2.18. The quantitative estimate of drug-likeness (QED) is 0.882. The molecule has 0 spiro atoms. The first-order valence-corrected chi connectivity index (χ1v) is 6.08. The Kier molecular flexibility index (Phi) is 3.75. The number of aromatic nitrogens is 2. The summed E-state index contributed by atoms with van der Waals surface area (Å²) in [4.78, 5) is 20.3. The van der Waals surface area contributed by atoms with Gasteiger partial charge in [0.15, 0.2) is 0 Å². The van der Waals surface area contributed by atoms with Crippen LogP contribution < -0.4 is 11.1 Å². The second-order valence-corrected chi connectivity index (χ2v) is 4.27. The Balaban J connectivity index is 2.25. The van der Waals surface area contributed by atoms with Crippen LogP contribution in [0, 0.1) is 6.92 Å². The Labute approximate surface area is 111 Å². The number of nitrogen functional groups attached to an aromatic ring is 1. The van der Waals surface area contributed by atoms with Crippen LogP contribution in [0.15, 0.2) is 30.6 Å². The molecule has 0 aliphatic rings. The zero-order valence-corrected chi connectivity index (χ0v) is 11.0. The van der Waals surface area contributed by atoms with Gasteiger partial charge in [0.2, 0.25) is 0 Å². The third-order valence-corrected chi connectivity index (χ3v) is 2.79. The van der Waals surface area contributed by atoms with Gasteiger partial charge in [0.1, 0.15) is 5.82 Å². The van der Waals surface area contributed by atoms with E-state index in [1.54, 1.807) is 30.6 Å². The first kappa shape index (κ1) is 13.0. The van der Waals surface area contributed by atoms with Gasteiger partial charge in [-0.15, -0.1) is 0 Å². The Morgan fingerprint density at radius 1 is 1.42 bits per heavy atom. The molecule has 2 aromatic heterocycles. The number of anilines is 2. The van der Waals surface area contributed by atoms with E-state index < -0.39 is 0 Å². The van der Waals surface area contributed by atoms with Crippen LogP contribution in [0.2, 0.25) is 0 Å². The number of amides is 1. The lowest BCUT2D eigenvalue weighted by Gasteiger charge is -2.09. The molecule has 98 valence electrons. The molecule has 2 rings (SSSR count). The van der Waals surface area contributed by atoms with E-state index in [1.807, 2.05) is 13.8 Å². The molecule has 0 radical (unpaired) electrons. The van der Waals surface area contributed by atoms with Gasteiger partial charge in [0, 0.05) is 29.3 Å². The Bertz CT molecular complexity index is 610. The minimum absolute atomic E-state index is 0.196. The van der Waals surface area contributed by atoms with Crippen molar-refractivity contribution in [3.63, 3.8) is 0 Å². The number of hydrogen-bond donors (Lipinski definition) is 2. The molecule has 19 heavy (non-hydrogen) atoms. The molecule has 5 heteroatoms. The molecular formula is C14H16N4O. The predicted molar refractivity (Wildman–Crippen MR) is 75.0 cm³/mol. The van der Waals surface area contributed by atoms with E-state index in [2.05, 4.69) is 15.3 Å². The summed E-state index contributed by atoms with van der Waals surface area (Å²) in [5.41, 5.74) is 8.67. The Hall–Kier alpha value is -2.43. The second kappa shape index (κ2) is 5.48. The van der Waals surface area contributed by atoms with Crippen molar-refractivity contribution in [2.45, 2.75) is 20.3 Å². The molecule has 1 amide bonds. The molecule has 5 nitrogen and oxygen atoms in total. The maximum atomic E-state index is 12.2. The fraction of sp³-hybridized carbons (Fsp3) is 0.214. The number of carbonyl (C=O) groups excluding carboxylic acids is 1. The topological polar surface area (TPSA) is 80.9 Å². The van der Waals surface area contributed by atoms with E-state index in [4.69, 9.17) is 5.73 Å². The molecule has 0 aliphatic heterocycles. The van der Waals surface area contributed by atoms with Crippen LogP contribution in [0.3, 0.4) is 0 Å². The summed E-state index contributed by atoms with van der Waals surface area (Å²) in [6, 6.07) is 5.09. The molecule has 0 saturated heterocycles. The lowest BCUT2D eigenvalue weighted by Crippen LogP contribution is -2.14. The average Bonchev–Trinajstić information content (AvgIpc) is 2.40. The summed E-state index contributed by atoms with van der Waals surface area (Å²) in [5.74, 6) is 0.161. The number of carbonyl (C=O) groups is 1. The van der Waals surface area contributed by atoms with Crippen LogP contribution >= 0.6 is 0 Å². The highest BCUT2D eigenvalue weighted by Crippen LogP contribution is 2.15. The van der Waals surface area contributed by atoms with E-state index in [9.17, 15) is 4.79 Å². The van der Waals surface area contributed by atoms with Crippen molar-refractivity contribution in [2.24, 2.45) is 0 Å². The average molecular weight is 256 g/mol. The lowest BCUT2D eigenvalue weighted by atomic mass is 10.1. The highest BCUT2D eigenvalue weighted by Gasteiger charge is 2.10.